The summed E-state index contributed by atoms with van der Waals surface area (Å²) >= 11 is 3.44. The van der Waals surface area contributed by atoms with Gasteiger partial charge in [-0.15, -0.1) is 6.42 Å². The molecule has 1 aromatic carbocycles. The minimum absolute atomic E-state index is 0.681. The molecule has 1 aromatic rings. The maximum atomic E-state index is 5.79. The van der Waals surface area contributed by atoms with E-state index in [2.05, 4.69) is 39.7 Å². The summed E-state index contributed by atoms with van der Waals surface area (Å²) in [6, 6.07) is 5.97. The summed E-state index contributed by atoms with van der Waals surface area (Å²) in [6.07, 6.45) is 6.45. The van der Waals surface area contributed by atoms with Crippen LogP contribution >= 0.6 is 15.9 Å². The molecular formula is C13H17BrN2. The van der Waals surface area contributed by atoms with Crippen molar-refractivity contribution >= 4 is 21.6 Å². The Morgan fingerprint density at radius 1 is 1.44 bits per heavy atom. The van der Waals surface area contributed by atoms with Gasteiger partial charge >= 0.3 is 0 Å². The minimum Gasteiger partial charge on any atom is -0.399 e. The molecule has 86 valence electrons. The quantitative estimate of drug-likeness (QED) is 0.664. The van der Waals surface area contributed by atoms with E-state index in [9.17, 15) is 0 Å². The van der Waals surface area contributed by atoms with Crippen molar-refractivity contribution in [3.05, 3.63) is 28.2 Å². The average molecular weight is 281 g/mol. The van der Waals surface area contributed by atoms with E-state index in [-0.39, 0.29) is 0 Å². The number of rotatable bonds is 5. The molecule has 0 atom stereocenters. The number of anilines is 1. The molecule has 2 nitrogen and oxygen atoms in total. The monoisotopic (exact) mass is 280 g/mol. The second-order valence-electron chi connectivity index (χ2n) is 3.81. The maximum Gasteiger partial charge on any atom is 0.0601 e. The van der Waals surface area contributed by atoms with Gasteiger partial charge in [-0.3, -0.25) is 4.90 Å². The van der Waals surface area contributed by atoms with Crippen LogP contribution in [0.3, 0.4) is 0 Å². The number of hydrogen-bond acceptors (Lipinski definition) is 2. The second-order valence-corrected chi connectivity index (χ2v) is 4.72. The van der Waals surface area contributed by atoms with Gasteiger partial charge in [-0.05, 0) is 36.7 Å². The molecule has 2 N–H and O–H groups in total. The van der Waals surface area contributed by atoms with Crippen LogP contribution in [0.25, 0.3) is 0 Å². The molecular weight excluding hydrogens is 264 g/mol. The number of terminal acetylenes is 1. The van der Waals surface area contributed by atoms with Crippen molar-refractivity contribution in [2.45, 2.75) is 19.9 Å². The highest BCUT2D eigenvalue weighted by Crippen LogP contribution is 2.18. The predicted octanol–water partition coefficient (Wildman–Crippen LogP) is 2.88. The van der Waals surface area contributed by atoms with E-state index < -0.39 is 0 Å². The van der Waals surface area contributed by atoms with Crippen molar-refractivity contribution in [2.24, 2.45) is 0 Å². The molecule has 0 spiro atoms. The fraction of sp³-hybridized carbons (Fsp3) is 0.385. The molecule has 0 bridgehead atoms. The van der Waals surface area contributed by atoms with E-state index >= 15 is 0 Å². The van der Waals surface area contributed by atoms with Crippen LogP contribution in [0.4, 0.5) is 5.69 Å². The molecule has 1 rings (SSSR count). The van der Waals surface area contributed by atoms with Crippen LogP contribution < -0.4 is 5.73 Å². The third-order valence-electron chi connectivity index (χ3n) is 2.24. The van der Waals surface area contributed by atoms with Crippen molar-refractivity contribution in [3.8, 4) is 12.3 Å². The third-order valence-corrected chi connectivity index (χ3v) is 2.70. The Bertz CT molecular complexity index is 362. The van der Waals surface area contributed by atoms with E-state index in [0.717, 1.165) is 29.7 Å². The van der Waals surface area contributed by atoms with E-state index in [1.807, 2.05) is 12.1 Å². The summed E-state index contributed by atoms with van der Waals surface area (Å²) < 4.78 is 1.01. The smallest absolute Gasteiger partial charge is 0.0601 e. The zero-order chi connectivity index (χ0) is 12.0. The molecule has 0 heterocycles. The Kier molecular flexibility index (Phi) is 5.37. The molecule has 0 aromatic heterocycles. The van der Waals surface area contributed by atoms with E-state index in [4.69, 9.17) is 12.2 Å². The molecule has 0 amide bonds. The van der Waals surface area contributed by atoms with Gasteiger partial charge in [0.25, 0.3) is 0 Å². The molecule has 0 radical (unpaired) electrons. The van der Waals surface area contributed by atoms with Crippen LogP contribution in [0.1, 0.15) is 18.9 Å². The van der Waals surface area contributed by atoms with Crippen molar-refractivity contribution in [1.29, 1.82) is 0 Å². The van der Waals surface area contributed by atoms with E-state index in [1.54, 1.807) is 0 Å². The zero-order valence-electron chi connectivity index (χ0n) is 9.54. The first-order valence-corrected chi connectivity index (χ1v) is 6.15. The van der Waals surface area contributed by atoms with Gasteiger partial charge in [-0.2, -0.15) is 0 Å². The Balaban J connectivity index is 2.73. The molecule has 0 unspecified atom stereocenters. The lowest BCUT2D eigenvalue weighted by Crippen LogP contribution is -2.24. The van der Waals surface area contributed by atoms with Gasteiger partial charge in [0.2, 0.25) is 0 Å². The number of benzene rings is 1. The molecule has 0 saturated heterocycles. The summed E-state index contributed by atoms with van der Waals surface area (Å²) in [5.74, 6) is 2.69. The molecule has 16 heavy (non-hydrogen) atoms. The van der Waals surface area contributed by atoms with Gasteiger partial charge in [0.05, 0.1) is 6.54 Å². The Morgan fingerprint density at radius 3 is 2.75 bits per heavy atom. The fourth-order valence-corrected chi connectivity index (χ4v) is 2.24. The lowest BCUT2D eigenvalue weighted by atomic mass is 10.2. The van der Waals surface area contributed by atoms with Gasteiger partial charge in [0, 0.05) is 16.7 Å². The summed E-state index contributed by atoms with van der Waals surface area (Å²) in [7, 11) is 0. The highest BCUT2D eigenvalue weighted by molar-refractivity contribution is 9.10. The zero-order valence-corrected chi connectivity index (χ0v) is 11.1. The normalized spacial score (nSPS) is 10.4. The maximum absolute atomic E-state index is 5.79. The number of halogens is 1. The second kappa shape index (κ2) is 6.57. The van der Waals surface area contributed by atoms with Crippen molar-refractivity contribution in [2.75, 3.05) is 18.8 Å². The minimum atomic E-state index is 0.681. The lowest BCUT2D eigenvalue weighted by Gasteiger charge is -2.19. The molecule has 3 heteroatoms. The lowest BCUT2D eigenvalue weighted by molar-refractivity contribution is 0.300. The number of nitrogen functional groups attached to an aromatic ring is 1. The van der Waals surface area contributed by atoms with Crippen LogP contribution in [-0.4, -0.2) is 18.0 Å². The van der Waals surface area contributed by atoms with Gasteiger partial charge in [0.1, 0.15) is 0 Å². The third kappa shape index (κ3) is 4.26. The molecule has 0 fully saturated rings. The van der Waals surface area contributed by atoms with Crippen molar-refractivity contribution in [1.82, 2.24) is 4.90 Å². The van der Waals surface area contributed by atoms with Gasteiger partial charge in [-0.25, -0.2) is 0 Å². The Labute approximate surface area is 106 Å². The first kappa shape index (κ1) is 13.1. The van der Waals surface area contributed by atoms with Crippen molar-refractivity contribution < 1.29 is 0 Å². The summed E-state index contributed by atoms with van der Waals surface area (Å²) in [5.41, 5.74) is 7.76. The Morgan fingerprint density at radius 2 is 2.19 bits per heavy atom. The predicted molar refractivity (Wildman–Crippen MR) is 73.0 cm³/mol. The van der Waals surface area contributed by atoms with E-state index in [1.165, 1.54) is 5.56 Å². The largest absolute Gasteiger partial charge is 0.399 e. The number of nitrogens with two attached hydrogens (primary N) is 1. The summed E-state index contributed by atoms with van der Waals surface area (Å²) in [6.45, 7) is 4.69. The molecule has 0 saturated carbocycles. The van der Waals surface area contributed by atoms with Gasteiger partial charge < -0.3 is 5.73 Å². The molecule has 0 aliphatic rings. The van der Waals surface area contributed by atoms with Gasteiger partial charge in [0.15, 0.2) is 0 Å². The first-order chi connectivity index (χ1) is 7.65. The first-order valence-electron chi connectivity index (χ1n) is 5.36. The average Bonchev–Trinajstić information content (AvgIpc) is 2.16. The Hall–Kier alpha value is -0.980. The standard InChI is InChI=1S/C13H17BrN2/c1-3-5-16(6-4-2)10-11-7-12(14)9-13(15)8-11/h1,7-9H,4-6,10,15H2,2H3. The van der Waals surface area contributed by atoms with Crippen LogP contribution in [-0.2, 0) is 6.54 Å². The van der Waals surface area contributed by atoms with Crippen molar-refractivity contribution in [3.63, 3.8) is 0 Å². The summed E-state index contributed by atoms with van der Waals surface area (Å²) in [4.78, 5) is 2.24. The highest BCUT2D eigenvalue weighted by atomic mass is 79.9. The highest BCUT2D eigenvalue weighted by Gasteiger charge is 2.04. The number of hydrogen-bond donors (Lipinski definition) is 1. The van der Waals surface area contributed by atoms with Crippen LogP contribution in [0, 0.1) is 12.3 Å². The van der Waals surface area contributed by atoms with Gasteiger partial charge in [-0.1, -0.05) is 28.8 Å². The topological polar surface area (TPSA) is 29.3 Å². The van der Waals surface area contributed by atoms with Crippen LogP contribution in [0.5, 0.6) is 0 Å². The van der Waals surface area contributed by atoms with E-state index in [0.29, 0.717) is 6.54 Å². The van der Waals surface area contributed by atoms with Crippen LogP contribution in [0.2, 0.25) is 0 Å². The number of nitrogens with zero attached hydrogens (tertiary/aromatic N) is 1. The SMILES string of the molecule is C#CCN(CCC)Cc1cc(N)cc(Br)c1. The fourth-order valence-electron chi connectivity index (χ4n) is 1.68. The molecule has 0 aliphatic heterocycles. The summed E-state index contributed by atoms with van der Waals surface area (Å²) in [5, 5.41) is 0. The van der Waals surface area contributed by atoms with Crippen LogP contribution in [0.15, 0.2) is 22.7 Å². The molecule has 0 aliphatic carbocycles.